The zero-order valence-electron chi connectivity index (χ0n) is 17.2. The van der Waals surface area contributed by atoms with Crippen LogP contribution in [0.15, 0.2) is 76.6 Å². The van der Waals surface area contributed by atoms with Crippen molar-refractivity contribution < 1.29 is 9.90 Å². The maximum atomic E-state index is 12.5. The van der Waals surface area contributed by atoms with E-state index >= 15 is 0 Å². The maximum absolute atomic E-state index is 12.5. The first-order valence-corrected chi connectivity index (χ1v) is 9.94. The van der Waals surface area contributed by atoms with E-state index in [0.29, 0.717) is 6.54 Å². The Morgan fingerprint density at radius 1 is 1.09 bits per heavy atom. The van der Waals surface area contributed by atoms with E-state index in [-0.39, 0.29) is 0 Å². The molecule has 2 heterocycles. The Balaban J connectivity index is 1.51. The summed E-state index contributed by atoms with van der Waals surface area (Å²) in [7, 11) is 0. The molecule has 4 aromatic rings. The molecule has 1 amide bonds. The minimum atomic E-state index is -1.03. The number of amides is 1. The fourth-order valence-corrected chi connectivity index (χ4v) is 3.35. The number of aromatic nitrogens is 4. The highest BCUT2D eigenvalue weighted by molar-refractivity contribution is 5.94. The molecule has 0 unspecified atom stereocenters. The number of benzene rings is 2. The van der Waals surface area contributed by atoms with Gasteiger partial charge in [0, 0.05) is 11.8 Å². The van der Waals surface area contributed by atoms with E-state index in [2.05, 4.69) is 15.4 Å². The maximum Gasteiger partial charge on any atom is 0.326 e. The number of nitrogens with one attached hydrogen (secondary N) is 3. The van der Waals surface area contributed by atoms with E-state index in [1.165, 1.54) is 0 Å². The number of carbonyl (C=O) groups is 1. The van der Waals surface area contributed by atoms with Gasteiger partial charge in [0.15, 0.2) is 5.69 Å². The first-order chi connectivity index (χ1) is 15.4. The summed E-state index contributed by atoms with van der Waals surface area (Å²) in [4.78, 5) is 39.4. The molecule has 0 aliphatic rings. The van der Waals surface area contributed by atoms with Gasteiger partial charge in [0.05, 0.1) is 18.8 Å². The number of nitrogens with zero attached hydrogens (tertiary/aromatic N) is 2. The van der Waals surface area contributed by atoms with Crippen molar-refractivity contribution in [3.8, 4) is 16.9 Å². The van der Waals surface area contributed by atoms with Gasteiger partial charge in [0.1, 0.15) is 0 Å². The molecule has 2 aromatic heterocycles. The van der Waals surface area contributed by atoms with Gasteiger partial charge >= 0.3 is 5.69 Å². The number of hydrogen-bond acceptors (Lipinski definition) is 5. The van der Waals surface area contributed by atoms with Crippen molar-refractivity contribution in [2.45, 2.75) is 19.5 Å². The summed E-state index contributed by atoms with van der Waals surface area (Å²) >= 11 is 0. The molecule has 0 radical (unpaired) electrons. The fraction of sp³-hybridized carbons (Fsp3) is 0.130. The molecule has 0 aliphatic carbocycles. The first kappa shape index (κ1) is 20.9. The Morgan fingerprint density at radius 2 is 1.88 bits per heavy atom. The zero-order chi connectivity index (χ0) is 22.7. The first-order valence-electron chi connectivity index (χ1n) is 9.94. The van der Waals surface area contributed by atoms with Gasteiger partial charge in [-0.2, -0.15) is 5.10 Å². The van der Waals surface area contributed by atoms with Gasteiger partial charge in [-0.15, -0.1) is 0 Å². The molecule has 0 aliphatic heterocycles. The molecule has 2 aromatic carbocycles. The van der Waals surface area contributed by atoms with E-state index in [1.54, 1.807) is 13.1 Å². The molecule has 1 atom stereocenters. The van der Waals surface area contributed by atoms with E-state index in [9.17, 15) is 19.5 Å². The van der Waals surface area contributed by atoms with Crippen molar-refractivity contribution in [2.75, 3.05) is 0 Å². The standard InChI is InChI=1S/C23H21N5O4/c1-14(25-21(30)19-20(29)22(31)27-23(32)26-19)16-8-5-9-17(10-16)18-11-24-28(13-18)12-15-6-3-2-4-7-15/h2-11,13-14,29H,12H2,1H3,(H,25,30)(H2,26,27,31,32)/t14-/m1/s1. The predicted octanol–water partition coefficient (Wildman–Crippen LogP) is 2.17. The second-order valence-electron chi connectivity index (χ2n) is 7.36. The lowest BCUT2D eigenvalue weighted by Crippen LogP contribution is -2.32. The van der Waals surface area contributed by atoms with Crippen molar-refractivity contribution in [3.05, 3.63) is 105 Å². The van der Waals surface area contributed by atoms with Crippen molar-refractivity contribution in [3.63, 3.8) is 0 Å². The summed E-state index contributed by atoms with van der Waals surface area (Å²) in [5, 5.41) is 16.9. The van der Waals surface area contributed by atoms with Crippen LogP contribution in [0.25, 0.3) is 11.1 Å². The summed E-state index contributed by atoms with van der Waals surface area (Å²) in [6.45, 7) is 2.42. The Kier molecular flexibility index (Phi) is 5.71. The molecule has 32 heavy (non-hydrogen) atoms. The van der Waals surface area contributed by atoms with E-state index in [1.807, 2.05) is 70.5 Å². The number of carbonyl (C=O) groups excluding carboxylic acids is 1. The highest BCUT2D eigenvalue weighted by Gasteiger charge is 2.18. The number of aromatic amines is 2. The highest BCUT2D eigenvalue weighted by atomic mass is 16.3. The van der Waals surface area contributed by atoms with Gasteiger partial charge in [-0.05, 0) is 29.7 Å². The second-order valence-corrected chi connectivity index (χ2v) is 7.36. The molecule has 9 nitrogen and oxygen atoms in total. The van der Waals surface area contributed by atoms with Gasteiger partial charge in [-0.3, -0.25) is 24.2 Å². The van der Waals surface area contributed by atoms with Crippen LogP contribution in [0.3, 0.4) is 0 Å². The number of aromatic hydroxyl groups is 1. The van der Waals surface area contributed by atoms with Gasteiger partial charge in [0.2, 0.25) is 5.75 Å². The van der Waals surface area contributed by atoms with Gasteiger partial charge < -0.3 is 10.4 Å². The highest BCUT2D eigenvalue weighted by Crippen LogP contribution is 2.23. The van der Waals surface area contributed by atoms with Crippen LogP contribution in [0.1, 0.15) is 34.6 Å². The van der Waals surface area contributed by atoms with E-state index in [4.69, 9.17) is 0 Å². The lowest BCUT2D eigenvalue weighted by molar-refractivity contribution is 0.0931. The smallest absolute Gasteiger partial charge is 0.326 e. The molecule has 4 N–H and O–H groups in total. The van der Waals surface area contributed by atoms with Crippen LogP contribution in [0.2, 0.25) is 0 Å². The van der Waals surface area contributed by atoms with Gasteiger partial charge in [-0.1, -0.05) is 48.5 Å². The van der Waals surface area contributed by atoms with Crippen molar-refractivity contribution in [2.24, 2.45) is 0 Å². The Morgan fingerprint density at radius 3 is 2.66 bits per heavy atom. The van der Waals surface area contributed by atoms with E-state index < -0.39 is 34.6 Å². The fourth-order valence-electron chi connectivity index (χ4n) is 3.35. The van der Waals surface area contributed by atoms with Crippen molar-refractivity contribution in [1.29, 1.82) is 0 Å². The molecule has 9 heteroatoms. The van der Waals surface area contributed by atoms with Crippen LogP contribution >= 0.6 is 0 Å². The SMILES string of the molecule is C[C@@H](NC(=O)c1[nH]c(=O)[nH]c(=O)c1O)c1cccc(-c2cnn(Cc3ccccc3)c2)c1. The van der Waals surface area contributed by atoms with Crippen LogP contribution in [0.4, 0.5) is 0 Å². The average Bonchev–Trinajstić information content (AvgIpc) is 3.25. The third-order valence-corrected chi connectivity index (χ3v) is 5.03. The summed E-state index contributed by atoms with van der Waals surface area (Å²) < 4.78 is 1.86. The van der Waals surface area contributed by atoms with Crippen LogP contribution < -0.4 is 16.6 Å². The van der Waals surface area contributed by atoms with Crippen molar-refractivity contribution in [1.82, 2.24) is 25.1 Å². The number of H-pyrrole nitrogens is 2. The summed E-state index contributed by atoms with van der Waals surface area (Å²) in [5.41, 5.74) is 1.42. The molecular formula is C23H21N5O4. The molecular weight excluding hydrogens is 410 g/mol. The molecule has 0 bridgehead atoms. The third-order valence-electron chi connectivity index (χ3n) is 5.03. The van der Waals surface area contributed by atoms with Gasteiger partial charge in [0.25, 0.3) is 11.5 Å². The topological polar surface area (TPSA) is 133 Å². The number of rotatable bonds is 6. The lowest BCUT2D eigenvalue weighted by Gasteiger charge is -2.15. The van der Waals surface area contributed by atoms with Crippen molar-refractivity contribution >= 4 is 5.91 Å². The molecule has 0 saturated heterocycles. The quantitative estimate of drug-likeness (QED) is 0.371. The lowest BCUT2D eigenvalue weighted by atomic mass is 10.0. The minimum Gasteiger partial charge on any atom is -0.501 e. The Bertz CT molecular complexity index is 1370. The molecule has 0 saturated carbocycles. The van der Waals surface area contributed by atoms with Crippen LogP contribution in [0, 0.1) is 0 Å². The second kappa shape index (κ2) is 8.76. The summed E-state index contributed by atoms with van der Waals surface area (Å²) in [5.74, 6) is -1.60. The third kappa shape index (κ3) is 4.51. The monoisotopic (exact) mass is 431 g/mol. The predicted molar refractivity (Wildman–Crippen MR) is 118 cm³/mol. The minimum absolute atomic E-state index is 0.455. The van der Waals surface area contributed by atoms with Crippen LogP contribution in [-0.4, -0.2) is 30.8 Å². The normalized spacial score (nSPS) is 11.8. The summed E-state index contributed by atoms with van der Waals surface area (Å²) in [6, 6.07) is 17.2. The molecule has 162 valence electrons. The molecule has 4 rings (SSSR count). The van der Waals surface area contributed by atoms with Crippen LogP contribution in [-0.2, 0) is 6.54 Å². The Labute approximate surface area is 182 Å². The average molecular weight is 431 g/mol. The summed E-state index contributed by atoms with van der Waals surface area (Å²) in [6.07, 6.45) is 3.73. The zero-order valence-corrected chi connectivity index (χ0v) is 17.2. The number of hydrogen-bond donors (Lipinski definition) is 4. The van der Waals surface area contributed by atoms with Crippen LogP contribution in [0.5, 0.6) is 5.75 Å². The van der Waals surface area contributed by atoms with E-state index in [0.717, 1.165) is 22.3 Å². The van der Waals surface area contributed by atoms with Gasteiger partial charge in [-0.25, -0.2) is 4.79 Å². The molecule has 0 spiro atoms. The largest absolute Gasteiger partial charge is 0.501 e. The Hall–Kier alpha value is -4.40. The molecule has 0 fully saturated rings.